The van der Waals surface area contributed by atoms with E-state index in [1.807, 2.05) is 13.0 Å². The van der Waals surface area contributed by atoms with Crippen LogP contribution in [0.5, 0.6) is 5.75 Å². The van der Waals surface area contributed by atoms with Crippen molar-refractivity contribution < 1.29 is 10.2 Å². The molecule has 2 atom stereocenters. The van der Waals surface area contributed by atoms with E-state index in [9.17, 15) is 10.2 Å². The van der Waals surface area contributed by atoms with Crippen molar-refractivity contribution in [2.24, 2.45) is 5.73 Å². The standard InChI is InChI=1S/C11H16ClNO2/c1-5-4-6(2)9(12)11(15)8(5)10(14)7(3)13/h4,7,10,14-15H,13H2,1-3H3. The lowest BCUT2D eigenvalue weighted by molar-refractivity contribution is 0.149. The highest BCUT2D eigenvalue weighted by molar-refractivity contribution is 6.32. The van der Waals surface area contributed by atoms with Crippen LogP contribution in [0.3, 0.4) is 0 Å². The fourth-order valence-electron chi connectivity index (χ4n) is 1.59. The topological polar surface area (TPSA) is 66.5 Å². The Hall–Kier alpha value is -0.770. The molecule has 0 heterocycles. The lowest BCUT2D eigenvalue weighted by atomic mass is 9.96. The second-order valence-electron chi connectivity index (χ2n) is 3.89. The molecule has 4 heteroatoms. The maximum absolute atomic E-state index is 9.83. The van der Waals surface area contributed by atoms with Gasteiger partial charge in [-0.15, -0.1) is 0 Å². The summed E-state index contributed by atoms with van der Waals surface area (Å²) in [5, 5.41) is 19.9. The number of halogens is 1. The first-order valence-corrected chi connectivity index (χ1v) is 5.16. The fourth-order valence-corrected chi connectivity index (χ4v) is 1.75. The highest BCUT2D eigenvalue weighted by Gasteiger charge is 2.21. The van der Waals surface area contributed by atoms with Gasteiger partial charge in [0.2, 0.25) is 0 Å². The fraction of sp³-hybridized carbons (Fsp3) is 0.455. The minimum absolute atomic E-state index is 0.0704. The zero-order chi connectivity index (χ0) is 11.7. The molecule has 84 valence electrons. The number of aliphatic hydroxyl groups excluding tert-OH is 1. The van der Waals surface area contributed by atoms with Gasteiger partial charge in [0.05, 0.1) is 11.1 Å². The van der Waals surface area contributed by atoms with E-state index in [4.69, 9.17) is 17.3 Å². The van der Waals surface area contributed by atoms with Crippen molar-refractivity contribution in [2.45, 2.75) is 32.9 Å². The first-order valence-electron chi connectivity index (χ1n) is 4.78. The minimum Gasteiger partial charge on any atom is -0.506 e. The van der Waals surface area contributed by atoms with Crippen LogP contribution in [0.25, 0.3) is 0 Å². The molecule has 1 aromatic rings. The number of aryl methyl sites for hydroxylation is 2. The third-order valence-electron chi connectivity index (χ3n) is 2.46. The van der Waals surface area contributed by atoms with Crippen molar-refractivity contribution in [3.63, 3.8) is 0 Å². The van der Waals surface area contributed by atoms with Crippen LogP contribution in [-0.2, 0) is 0 Å². The van der Waals surface area contributed by atoms with Crippen molar-refractivity contribution in [3.05, 3.63) is 27.8 Å². The number of aliphatic hydroxyl groups is 1. The van der Waals surface area contributed by atoms with Crippen molar-refractivity contribution >= 4 is 11.6 Å². The zero-order valence-electron chi connectivity index (χ0n) is 9.08. The largest absolute Gasteiger partial charge is 0.506 e. The van der Waals surface area contributed by atoms with Gasteiger partial charge in [-0.05, 0) is 31.9 Å². The van der Waals surface area contributed by atoms with Gasteiger partial charge in [0.1, 0.15) is 5.75 Å². The molecule has 0 aromatic heterocycles. The summed E-state index contributed by atoms with van der Waals surface area (Å²) < 4.78 is 0. The second kappa shape index (κ2) is 4.39. The van der Waals surface area contributed by atoms with Crippen molar-refractivity contribution in [1.82, 2.24) is 0 Å². The molecule has 0 saturated heterocycles. The van der Waals surface area contributed by atoms with Crippen LogP contribution in [-0.4, -0.2) is 16.3 Å². The van der Waals surface area contributed by atoms with E-state index in [2.05, 4.69) is 0 Å². The SMILES string of the molecule is Cc1cc(C)c(C(O)C(C)N)c(O)c1Cl. The van der Waals surface area contributed by atoms with Gasteiger partial charge in [0.15, 0.2) is 0 Å². The first-order chi connectivity index (χ1) is 6.86. The summed E-state index contributed by atoms with van der Waals surface area (Å²) in [4.78, 5) is 0. The molecular formula is C11H16ClNO2. The molecule has 15 heavy (non-hydrogen) atoms. The number of rotatable bonds is 2. The molecule has 0 bridgehead atoms. The molecule has 0 fully saturated rings. The smallest absolute Gasteiger partial charge is 0.140 e. The first kappa shape index (κ1) is 12.3. The Morgan fingerprint density at radius 3 is 2.33 bits per heavy atom. The summed E-state index contributed by atoms with van der Waals surface area (Å²) in [6.07, 6.45) is -0.900. The predicted octanol–water partition coefficient (Wildman–Crippen LogP) is 2.04. The molecule has 0 radical (unpaired) electrons. The summed E-state index contributed by atoms with van der Waals surface area (Å²) >= 11 is 5.90. The number of benzene rings is 1. The highest BCUT2D eigenvalue weighted by atomic mass is 35.5. The Morgan fingerprint density at radius 1 is 1.33 bits per heavy atom. The summed E-state index contributed by atoms with van der Waals surface area (Å²) in [6, 6.07) is 1.37. The van der Waals surface area contributed by atoms with E-state index < -0.39 is 12.1 Å². The summed E-state index contributed by atoms with van der Waals surface area (Å²) in [5.74, 6) is -0.0704. The molecule has 1 aromatic carbocycles. The van der Waals surface area contributed by atoms with Crippen LogP contribution in [0.1, 0.15) is 29.7 Å². The van der Waals surface area contributed by atoms with E-state index >= 15 is 0 Å². The van der Waals surface area contributed by atoms with Gasteiger partial charge in [-0.1, -0.05) is 17.7 Å². The minimum atomic E-state index is -0.900. The maximum Gasteiger partial charge on any atom is 0.140 e. The average Bonchev–Trinajstić information content (AvgIpc) is 2.14. The third kappa shape index (κ3) is 2.25. The van der Waals surface area contributed by atoms with E-state index in [1.165, 1.54) is 0 Å². The molecule has 0 spiro atoms. The molecule has 0 aliphatic rings. The van der Waals surface area contributed by atoms with Gasteiger partial charge in [-0.2, -0.15) is 0 Å². The number of hydrogen-bond acceptors (Lipinski definition) is 3. The van der Waals surface area contributed by atoms with Crippen LogP contribution in [0.15, 0.2) is 6.07 Å². The van der Waals surface area contributed by atoms with Crippen LogP contribution in [0.4, 0.5) is 0 Å². The van der Waals surface area contributed by atoms with Crippen molar-refractivity contribution in [3.8, 4) is 5.75 Å². The molecule has 0 saturated carbocycles. The molecule has 1 rings (SSSR count). The van der Waals surface area contributed by atoms with E-state index in [1.54, 1.807) is 13.8 Å². The van der Waals surface area contributed by atoms with Crippen LogP contribution in [0.2, 0.25) is 5.02 Å². The monoisotopic (exact) mass is 229 g/mol. The summed E-state index contributed by atoms with van der Waals surface area (Å²) in [6.45, 7) is 5.29. The van der Waals surface area contributed by atoms with Gasteiger partial charge >= 0.3 is 0 Å². The van der Waals surface area contributed by atoms with E-state index in [-0.39, 0.29) is 10.8 Å². The van der Waals surface area contributed by atoms with Gasteiger partial charge < -0.3 is 15.9 Å². The van der Waals surface area contributed by atoms with Crippen molar-refractivity contribution in [2.75, 3.05) is 0 Å². The van der Waals surface area contributed by atoms with Gasteiger partial charge in [-0.25, -0.2) is 0 Å². The Morgan fingerprint density at radius 2 is 1.87 bits per heavy atom. The molecule has 0 aliphatic heterocycles. The summed E-state index contributed by atoms with van der Waals surface area (Å²) in [5.41, 5.74) is 7.58. The summed E-state index contributed by atoms with van der Waals surface area (Å²) in [7, 11) is 0. The predicted molar refractivity (Wildman–Crippen MR) is 61.2 cm³/mol. The van der Waals surface area contributed by atoms with E-state index in [0.717, 1.165) is 11.1 Å². The Bertz CT molecular complexity index is 377. The number of nitrogens with two attached hydrogens (primary N) is 1. The second-order valence-corrected chi connectivity index (χ2v) is 4.27. The number of aromatic hydroxyl groups is 1. The van der Waals surface area contributed by atoms with Gasteiger partial charge in [0, 0.05) is 11.6 Å². The molecule has 3 nitrogen and oxygen atoms in total. The van der Waals surface area contributed by atoms with Gasteiger partial charge in [-0.3, -0.25) is 0 Å². The Labute approximate surface area is 94.5 Å². The quantitative estimate of drug-likeness (QED) is 0.727. The third-order valence-corrected chi connectivity index (χ3v) is 2.94. The normalized spacial score (nSPS) is 15.1. The van der Waals surface area contributed by atoms with Crippen LogP contribution in [0, 0.1) is 13.8 Å². The lowest BCUT2D eigenvalue weighted by Crippen LogP contribution is -2.25. The van der Waals surface area contributed by atoms with Crippen molar-refractivity contribution in [1.29, 1.82) is 0 Å². The van der Waals surface area contributed by atoms with Gasteiger partial charge in [0.25, 0.3) is 0 Å². The molecule has 2 unspecified atom stereocenters. The maximum atomic E-state index is 9.83. The number of hydrogen-bond donors (Lipinski definition) is 3. The number of phenolic OH excluding ortho intramolecular Hbond substituents is 1. The molecule has 0 aliphatic carbocycles. The number of phenols is 1. The molecule has 4 N–H and O–H groups in total. The van der Waals surface area contributed by atoms with Crippen LogP contribution < -0.4 is 5.73 Å². The van der Waals surface area contributed by atoms with Crippen LogP contribution >= 0.6 is 11.6 Å². The zero-order valence-corrected chi connectivity index (χ0v) is 9.84. The van der Waals surface area contributed by atoms with E-state index in [0.29, 0.717) is 5.56 Å². The highest BCUT2D eigenvalue weighted by Crippen LogP contribution is 2.37. The molecular weight excluding hydrogens is 214 g/mol. The average molecular weight is 230 g/mol. The lowest BCUT2D eigenvalue weighted by Gasteiger charge is -2.20. The Balaban J connectivity index is 3.36. The molecule has 0 amide bonds. The Kier molecular flexibility index (Phi) is 3.60.